The summed E-state index contributed by atoms with van der Waals surface area (Å²) in [6.07, 6.45) is -0.955. The smallest absolute Gasteiger partial charge is 0.434 e. The number of carbonyl (C=O) groups excluding carboxylic acids is 1. The molecule has 0 aromatic carbocycles. The van der Waals surface area contributed by atoms with Gasteiger partial charge in [0, 0.05) is 5.92 Å². The summed E-state index contributed by atoms with van der Waals surface area (Å²) < 4.78 is 16.8. The number of rotatable bonds is 9. The summed E-state index contributed by atoms with van der Waals surface area (Å²) in [5, 5.41) is 9.83. The number of carbonyl (C=O) groups is 1. The third kappa shape index (κ3) is 11.6. The molecule has 0 aromatic rings. The Morgan fingerprint density at radius 3 is 2.12 bits per heavy atom. The van der Waals surface area contributed by atoms with Crippen molar-refractivity contribution >= 4 is 6.16 Å². The van der Waals surface area contributed by atoms with Crippen molar-refractivity contribution in [3.05, 3.63) is 0 Å². The summed E-state index contributed by atoms with van der Waals surface area (Å²) >= 11 is 0. The van der Waals surface area contributed by atoms with Gasteiger partial charge in [-0.3, -0.25) is 0 Å². The van der Waals surface area contributed by atoms with E-state index in [-0.39, 0.29) is 24.2 Å². The predicted octanol–water partition coefficient (Wildman–Crippen LogP) is 2.83. The SMILES string of the molecule is CC(C[N+](C)(C)CCOC(C)(C)C)OC(=O)OCC(C)C(C)(C)O. The van der Waals surface area contributed by atoms with Crippen molar-refractivity contribution in [2.75, 3.05) is 40.4 Å². The van der Waals surface area contributed by atoms with Gasteiger partial charge in [-0.25, -0.2) is 4.79 Å². The molecule has 0 aliphatic heterocycles. The molecule has 0 saturated heterocycles. The fraction of sp³-hybridized carbons (Fsp3) is 0.944. The molecule has 6 nitrogen and oxygen atoms in total. The largest absolute Gasteiger partial charge is 0.508 e. The van der Waals surface area contributed by atoms with Crippen molar-refractivity contribution in [1.82, 2.24) is 0 Å². The first-order valence-corrected chi connectivity index (χ1v) is 8.64. The van der Waals surface area contributed by atoms with Gasteiger partial charge in [0.15, 0.2) is 6.10 Å². The molecule has 2 unspecified atom stereocenters. The molecule has 0 aliphatic carbocycles. The molecule has 1 N–H and O–H groups in total. The fourth-order valence-corrected chi connectivity index (χ4v) is 2.02. The summed E-state index contributed by atoms with van der Waals surface area (Å²) in [6, 6.07) is 0. The highest BCUT2D eigenvalue weighted by molar-refractivity contribution is 5.60. The number of ether oxygens (including phenoxy) is 3. The third-order valence-electron chi connectivity index (χ3n) is 3.94. The van der Waals surface area contributed by atoms with Crippen molar-refractivity contribution in [3.8, 4) is 0 Å². The second kappa shape index (κ2) is 9.02. The summed E-state index contributed by atoms with van der Waals surface area (Å²) in [4.78, 5) is 11.8. The zero-order valence-electron chi connectivity index (χ0n) is 17.0. The Labute approximate surface area is 147 Å². The molecule has 0 heterocycles. The lowest BCUT2D eigenvalue weighted by atomic mass is 9.94. The van der Waals surface area contributed by atoms with Crippen LogP contribution in [0.4, 0.5) is 4.79 Å². The van der Waals surface area contributed by atoms with Gasteiger partial charge in [-0.1, -0.05) is 6.92 Å². The van der Waals surface area contributed by atoms with Gasteiger partial charge < -0.3 is 23.8 Å². The summed E-state index contributed by atoms with van der Waals surface area (Å²) in [7, 11) is 4.15. The lowest BCUT2D eigenvalue weighted by Gasteiger charge is -2.33. The van der Waals surface area contributed by atoms with E-state index in [0.29, 0.717) is 17.6 Å². The zero-order valence-corrected chi connectivity index (χ0v) is 17.0. The second-order valence-corrected chi connectivity index (χ2v) is 8.85. The standard InChI is InChI=1S/C18H38NO5/c1-14(18(6,7)21)13-22-16(20)24-15(2)12-19(8,9)10-11-23-17(3,4)5/h14-15,21H,10-13H2,1-9H3/q+1. The minimum absolute atomic E-state index is 0.132. The average Bonchev–Trinajstić information content (AvgIpc) is 2.31. The Hall–Kier alpha value is -0.850. The van der Waals surface area contributed by atoms with Gasteiger partial charge in [0.1, 0.15) is 19.7 Å². The minimum atomic E-state index is -0.891. The van der Waals surface area contributed by atoms with Gasteiger partial charge in [0.2, 0.25) is 0 Å². The second-order valence-electron chi connectivity index (χ2n) is 8.85. The van der Waals surface area contributed by atoms with Crippen LogP contribution in [0.15, 0.2) is 0 Å². The molecule has 0 bridgehead atoms. The van der Waals surface area contributed by atoms with E-state index in [1.54, 1.807) is 13.8 Å². The molecule has 0 saturated carbocycles. The molecule has 144 valence electrons. The maximum atomic E-state index is 11.8. The van der Waals surface area contributed by atoms with Crippen molar-refractivity contribution in [2.24, 2.45) is 5.92 Å². The van der Waals surface area contributed by atoms with E-state index in [0.717, 1.165) is 6.54 Å². The molecule has 2 atom stereocenters. The summed E-state index contributed by atoms with van der Waals surface area (Å²) in [6.45, 7) is 15.4. The van der Waals surface area contributed by atoms with Crippen LogP contribution in [0.5, 0.6) is 0 Å². The molecule has 0 rings (SSSR count). The number of quaternary nitrogens is 1. The molecule has 0 fully saturated rings. The molecule has 0 spiro atoms. The monoisotopic (exact) mass is 348 g/mol. The van der Waals surface area contributed by atoms with Crippen LogP contribution in [0.25, 0.3) is 0 Å². The first-order chi connectivity index (χ1) is 10.6. The number of aliphatic hydroxyl groups is 1. The first kappa shape index (κ1) is 23.1. The quantitative estimate of drug-likeness (QED) is 0.513. The highest BCUT2D eigenvalue weighted by Gasteiger charge is 2.26. The van der Waals surface area contributed by atoms with Crippen LogP contribution in [-0.2, 0) is 14.2 Å². The van der Waals surface area contributed by atoms with Gasteiger partial charge in [-0.05, 0) is 41.5 Å². The highest BCUT2D eigenvalue weighted by atomic mass is 16.7. The van der Waals surface area contributed by atoms with Crippen molar-refractivity contribution in [2.45, 2.75) is 65.8 Å². The van der Waals surface area contributed by atoms with Gasteiger partial charge in [-0.15, -0.1) is 0 Å². The van der Waals surface area contributed by atoms with Crippen LogP contribution in [0.1, 0.15) is 48.5 Å². The Morgan fingerprint density at radius 1 is 1.12 bits per heavy atom. The summed E-state index contributed by atoms with van der Waals surface area (Å²) in [5.74, 6) is -0.165. The maximum absolute atomic E-state index is 11.8. The minimum Gasteiger partial charge on any atom is -0.434 e. The van der Waals surface area contributed by atoms with E-state index in [1.165, 1.54) is 0 Å². The first-order valence-electron chi connectivity index (χ1n) is 8.64. The molecule has 0 aromatic heterocycles. The van der Waals surface area contributed by atoms with Crippen LogP contribution < -0.4 is 0 Å². The predicted molar refractivity (Wildman–Crippen MR) is 94.9 cm³/mol. The number of hydrogen-bond donors (Lipinski definition) is 1. The highest BCUT2D eigenvalue weighted by Crippen LogP contribution is 2.16. The van der Waals surface area contributed by atoms with Crippen molar-refractivity contribution < 1.29 is 28.6 Å². The van der Waals surface area contributed by atoms with E-state index >= 15 is 0 Å². The van der Waals surface area contributed by atoms with Crippen molar-refractivity contribution in [3.63, 3.8) is 0 Å². The van der Waals surface area contributed by atoms with Gasteiger partial charge in [0.25, 0.3) is 0 Å². The zero-order chi connectivity index (χ0) is 19.2. The molecule has 6 heteroatoms. The molecular weight excluding hydrogens is 310 g/mol. The fourth-order valence-electron chi connectivity index (χ4n) is 2.02. The Morgan fingerprint density at radius 2 is 1.67 bits per heavy atom. The lowest BCUT2D eigenvalue weighted by Crippen LogP contribution is -2.48. The van der Waals surface area contributed by atoms with Crippen LogP contribution >= 0.6 is 0 Å². The van der Waals surface area contributed by atoms with E-state index in [1.807, 2.05) is 34.6 Å². The van der Waals surface area contributed by atoms with E-state index in [9.17, 15) is 9.90 Å². The maximum Gasteiger partial charge on any atom is 0.508 e. The molecule has 24 heavy (non-hydrogen) atoms. The van der Waals surface area contributed by atoms with Crippen molar-refractivity contribution in [1.29, 1.82) is 0 Å². The van der Waals surface area contributed by atoms with Crippen LogP contribution in [0.2, 0.25) is 0 Å². The van der Waals surface area contributed by atoms with Gasteiger partial charge in [-0.2, -0.15) is 0 Å². The van der Waals surface area contributed by atoms with Gasteiger partial charge >= 0.3 is 6.16 Å². The van der Waals surface area contributed by atoms with Gasteiger partial charge in [0.05, 0.1) is 31.9 Å². The lowest BCUT2D eigenvalue weighted by molar-refractivity contribution is -0.893. The normalized spacial score (nSPS) is 15.8. The number of hydrogen-bond acceptors (Lipinski definition) is 5. The molecule has 0 radical (unpaired) electrons. The third-order valence-corrected chi connectivity index (χ3v) is 3.94. The molecule has 0 amide bonds. The van der Waals surface area contributed by atoms with E-state index in [2.05, 4.69) is 14.1 Å². The Bertz CT molecular complexity index is 382. The number of nitrogens with zero attached hydrogens (tertiary/aromatic N) is 1. The van der Waals surface area contributed by atoms with E-state index < -0.39 is 11.8 Å². The Balaban J connectivity index is 4.17. The molecular formula is C18H38NO5+. The average molecular weight is 349 g/mol. The Kier molecular flexibility index (Phi) is 8.70. The summed E-state index contributed by atoms with van der Waals surface area (Å²) in [5.41, 5.74) is -1.04. The van der Waals surface area contributed by atoms with Crippen LogP contribution in [0, 0.1) is 5.92 Å². The molecule has 0 aliphatic rings. The van der Waals surface area contributed by atoms with Crippen LogP contribution in [-0.4, -0.2) is 73.4 Å². The topological polar surface area (TPSA) is 65.0 Å². The van der Waals surface area contributed by atoms with E-state index in [4.69, 9.17) is 14.2 Å². The number of likely N-dealkylation sites (N-methyl/N-ethyl adjacent to an activating group) is 1. The van der Waals surface area contributed by atoms with Crippen LogP contribution in [0.3, 0.4) is 0 Å².